The number of benzene rings is 2. The highest BCUT2D eigenvalue weighted by Gasteiger charge is 2.32. The Morgan fingerprint density at radius 3 is 1.39 bits per heavy atom. The third-order valence-corrected chi connectivity index (χ3v) is 5.99. The van der Waals surface area contributed by atoms with Gasteiger partial charge in [-0.25, -0.2) is 0 Å². The van der Waals surface area contributed by atoms with E-state index in [1.54, 1.807) is 7.11 Å². The summed E-state index contributed by atoms with van der Waals surface area (Å²) in [5.41, 5.74) is 6.13. The Hall–Kier alpha value is -1.96. The molecule has 172 valence electrons. The fraction of sp³-hybridized carbons (Fsp3) is 0.586. The van der Waals surface area contributed by atoms with Gasteiger partial charge >= 0.3 is 0 Å². The maximum Gasteiger partial charge on any atom is 0.130 e. The van der Waals surface area contributed by atoms with E-state index in [4.69, 9.17) is 4.74 Å². The molecule has 2 rings (SSSR count). The summed E-state index contributed by atoms with van der Waals surface area (Å²) < 4.78 is 5.90. The Kier molecular flexibility index (Phi) is 6.42. The minimum absolute atomic E-state index is 0.0117. The summed E-state index contributed by atoms with van der Waals surface area (Å²) in [7, 11) is 1.71. The van der Waals surface area contributed by atoms with Crippen LogP contribution in [0.5, 0.6) is 11.5 Å². The second-order valence-corrected chi connectivity index (χ2v) is 13.0. The van der Waals surface area contributed by atoms with Gasteiger partial charge in [-0.3, -0.25) is 0 Å². The lowest BCUT2D eigenvalue weighted by Crippen LogP contribution is -2.20. The molecule has 0 saturated carbocycles. The molecule has 2 heteroatoms. The van der Waals surface area contributed by atoms with Crippen molar-refractivity contribution in [2.45, 2.75) is 105 Å². The molecule has 0 aliphatic heterocycles. The molecule has 0 amide bonds. The zero-order valence-electron chi connectivity index (χ0n) is 22.2. The van der Waals surface area contributed by atoms with Crippen LogP contribution < -0.4 is 4.74 Å². The van der Waals surface area contributed by atoms with Gasteiger partial charge in [0.1, 0.15) is 11.5 Å². The molecule has 0 spiro atoms. The molecule has 0 radical (unpaired) electrons. The molecule has 0 heterocycles. The van der Waals surface area contributed by atoms with E-state index in [0.29, 0.717) is 5.75 Å². The minimum Gasteiger partial charge on any atom is -0.507 e. The first-order valence-electron chi connectivity index (χ1n) is 11.4. The fourth-order valence-electron chi connectivity index (χ4n) is 3.99. The predicted octanol–water partition coefficient (Wildman–Crippen LogP) is 8.26. The first-order valence-corrected chi connectivity index (χ1v) is 11.4. The van der Waals surface area contributed by atoms with Crippen LogP contribution in [0.25, 0.3) is 11.1 Å². The van der Waals surface area contributed by atoms with Crippen LogP contribution in [0.2, 0.25) is 0 Å². The summed E-state index contributed by atoms with van der Waals surface area (Å²) in [6.45, 7) is 26.5. The van der Waals surface area contributed by atoms with Crippen LogP contribution in [-0.2, 0) is 21.7 Å². The molecule has 0 atom stereocenters. The van der Waals surface area contributed by atoms with Gasteiger partial charge in [0.2, 0.25) is 0 Å². The first-order chi connectivity index (χ1) is 13.8. The largest absolute Gasteiger partial charge is 0.507 e. The van der Waals surface area contributed by atoms with Gasteiger partial charge in [0, 0.05) is 16.7 Å². The zero-order chi connectivity index (χ0) is 24.2. The van der Waals surface area contributed by atoms with Gasteiger partial charge in [-0.05, 0) is 44.4 Å². The van der Waals surface area contributed by atoms with Gasteiger partial charge in [-0.1, -0.05) is 101 Å². The van der Waals surface area contributed by atoms with Gasteiger partial charge in [0.15, 0.2) is 0 Å². The van der Waals surface area contributed by atoms with Crippen molar-refractivity contribution in [2.24, 2.45) is 0 Å². The molecular weight excluding hydrogens is 380 g/mol. The smallest absolute Gasteiger partial charge is 0.130 e. The average Bonchev–Trinajstić information content (AvgIpc) is 2.57. The number of phenolic OH excluding ortho intramolecular Hbond substituents is 1. The molecule has 31 heavy (non-hydrogen) atoms. The minimum atomic E-state index is -0.264. The molecular formula is C29H44O2. The van der Waals surface area contributed by atoms with Crippen molar-refractivity contribution in [3.05, 3.63) is 46.5 Å². The Morgan fingerprint density at radius 2 is 1.06 bits per heavy atom. The maximum absolute atomic E-state index is 11.6. The highest BCUT2D eigenvalue weighted by molar-refractivity contribution is 5.78. The lowest BCUT2D eigenvalue weighted by molar-refractivity contribution is 0.369. The van der Waals surface area contributed by atoms with Crippen LogP contribution in [0.4, 0.5) is 0 Å². The average molecular weight is 425 g/mol. The highest BCUT2D eigenvalue weighted by atomic mass is 16.5. The molecule has 0 aliphatic rings. The standard InChI is InChI=1S/C29H44O2/c1-26(2,3)19-14-18(15-20(16-19)27(4,5)6)21-17-22(28(7,8)9)25(31-13)23(24(21)30)29(10,11)12/h14-17,30H,1-13H3. The molecule has 0 saturated heterocycles. The van der Waals surface area contributed by atoms with E-state index >= 15 is 0 Å². The van der Waals surface area contributed by atoms with Crippen LogP contribution in [0, 0.1) is 0 Å². The van der Waals surface area contributed by atoms with Crippen LogP contribution in [-0.4, -0.2) is 12.2 Å². The summed E-state index contributed by atoms with van der Waals surface area (Å²) in [6, 6.07) is 8.95. The second kappa shape index (κ2) is 7.87. The van der Waals surface area contributed by atoms with Gasteiger partial charge in [-0.15, -0.1) is 0 Å². The lowest BCUT2D eigenvalue weighted by Gasteiger charge is -2.32. The van der Waals surface area contributed by atoms with E-state index in [9.17, 15) is 5.11 Å². The van der Waals surface area contributed by atoms with E-state index in [-0.39, 0.29) is 21.7 Å². The normalized spacial score (nSPS) is 13.5. The number of rotatable bonds is 2. The number of hydrogen-bond acceptors (Lipinski definition) is 2. The van der Waals surface area contributed by atoms with Crippen molar-refractivity contribution in [1.29, 1.82) is 0 Å². The van der Waals surface area contributed by atoms with Gasteiger partial charge in [-0.2, -0.15) is 0 Å². The fourth-order valence-corrected chi connectivity index (χ4v) is 3.99. The number of phenols is 1. The van der Waals surface area contributed by atoms with Crippen LogP contribution in [0.1, 0.15) is 105 Å². The van der Waals surface area contributed by atoms with Crippen molar-refractivity contribution in [2.75, 3.05) is 7.11 Å². The summed E-state index contributed by atoms with van der Waals surface area (Å²) in [4.78, 5) is 0. The molecule has 2 aromatic carbocycles. The van der Waals surface area contributed by atoms with Crippen LogP contribution in [0.15, 0.2) is 24.3 Å². The van der Waals surface area contributed by atoms with Crippen LogP contribution >= 0.6 is 0 Å². The number of ether oxygens (including phenoxy) is 1. The maximum atomic E-state index is 11.6. The van der Waals surface area contributed by atoms with Gasteiger partial charge in [0.25, 0.3) is 0 Å². The molecule has 0 aliphatic carbocycles. The molecule has 2 aromatic rings. The van der Waals surface area contributed by atoms with Crippen LogP contribution in [0.3, 0.4) is 0 Å². The van der Waals surface area contributed by atoms with Crippen molar-refractivity contribution in [1.82, 2.24) is 0 Å². The van der Waals surface area contributed by atoms with Crippen molar-refractivity contribution in [3.8, 4) is 22.6 Å². The Morgan fingerprint density at radius 1 is 0.613 bits per heavy atom. The molecule has 2 nitrogen and oxygen atoms in total. The van der Waals surface area contributed by atoms with Crippen molar-refractivity contribution in [3.63, 3.8) is 0 Å². The Balaban J connectivity index is 3.04. The molecule has 0 fully saturated rings. The SMILES string of the molecule is COc1c(C(C)(C)C)cc(-c2cc(C(C)(C)C)cc(C(C)(C)C)c2)c(O)c1C(C)(C)C. The lowest BCUT2D eigenvalue weighted by atomic mass is 9.75. The number of hydrogen-bond donors (Lipinski definition) is 1. The third kappa shape index (κ3) is 5.27. The topological polar surface area (TPSA) is 29.5 Å². The summed E-state index contributed by atoms with van der Waals surface area (Å²) >= 11 is 0. The van der Waals surface area contributed by atoms with E-state index in [2.05, 4.69) is 107 Å². The molecule has 0 bridgehead atoms. The molecule has 0 unspecified atom stereocenters. The summed E-state index contributed by atoms with van der Waals surface area (Å²) in [5.74, 6) is 1.12. The Labute approximate surface area is 191 Å². The van der Waals surface area contributed by atoms with Gasteiger partial charge < -0.3 is 9.84 Å². The quantitative estimate of drug-likeness (QED) is 0.526. The number of methoxy groups -OCH3 is 1. The second-order valence-electron chi connectivity index (χ2n) is 13.0. The summed E-state index contributed by atoms with van der Waals surface area (Å²) in [5, 5.41) is 11.6. The molecule has 0 aromatic heterocycles. The van der Waals surface area contributed by atoms with Crippen molar-refractivity contribution >= 4 is 0 Å². The van der Waals surface area contributed by atoms with Gasteiger partial charge in [0.05, 0.1) is 7.11 Å². The van der Waals surface area contributed by atoms with E-state index in [1.807, 2.05) is 0 Å². The Bertz CT molecular complexity index is 920. The summed E-state index contributed by atoms with van der Waals surface area (Å²) in [6.07, 6.45) is 0. The van der Waals surface area contributed by atoms with E-state index in [1.165, 1.54) is 11.1 Å². The monoisotopic (exact) mass is 424 g/mol. The third-order valence-electron chi connectivity index (χ3n) is 5.99. The predicted molar refractivity (Wildman–Crippen MR) is 135 cm³/mol. The highest BCUT2D eigenvalue weighted by Crippen LogP contribution is 2.49. The first kappa shape index (κ1) is 25.3. The van der Waals surface area contributed by atoms with Crippen molar-refractivity contribution < 1.29 is 9.84 Å². The number of aromatic hydroxyl groups is 1. The molecule has 1 N–H and O–H groups in total. The zero-order valence-corrected chi connectivity index (χ0v) is 22.2. The van der Waals surface area contributed by atoms with E-state index < -0.39 is 0 Å². The van der Waals surface area contributed by atoms with E-state index in [0.717, 1.165) is 28.0 Å².